The van der Waals surface area contributed by atoms with Crippen molar-refractivity contribution >= 4 is 34.6 Å². The third-order valence-electron chi connectivity index (χ3n) is 4.50. The van der Waals surface area contributed by atoms with E-state index in [2.05, 4.69) is 10.3 Å². The molecule has 0 atom stereocenters. The van der Waals surface area contributed by atoms with Gasteiger partial charge in [0.2, 0.25) is 0 Å². The highest BCUT2D eigenvalue weighted by Gasteiger charge is 2.23. The lowest BCUT2D eigenvalue weighted by molar-refractivity contribution is -0.115. The summed E-state index contributed by atoms with van der Waals surface area (Å²) in [5.41, 5.74) is 2.44. The second kappa shape index (κ2) is 10.2. The van der Waals surface area contributed by atoms with Crippen LogP contribution in [0.15, 0.2) is 82.7 Å². The van der Waals surface area contributed by atoms with Gasteiger partial charge in [-0.05, 0) is 84.4 Å². The number of hydrogen-bond donors (Lipinski definition) is 1. The molecule has 32 heavy (non-hydrogen) atoms. The first kappa shape index (κ1) is 21.6. The molecule has 1 saturated heterocycles. The van der Waals surface area contributed by atoms with E-state index in [-0.39, 0.29) is 11.7 Å². The van der Waals surface area contributed by atoms with E-state index in [9.17, 15) is 9.18 Å². The summed E-state index contributed by atoms with van der Waals surface area (Å²) in [4.78, 5) is 17.4. The Labute approximate surface area is 190 Å². The zero-order valence-corrected chi connectivity index (χ0v) is 18.2. The van der Waals surface area contributed by atoms with Crippen molar-refractivity contribution in [3.8, 4) is 11.5 Å². The molecule has 0 radical (unpaired) electrons. The molecule has 7 heteroatoms. The zero-order chi connectivity index (χ0) is 22.3. The summed E-state index contributed by atoms with van der Waals surface area (Å²) < 4.78 is 24.3. The highest BCUT2D eigenvalue weighted by Crippen LogP contribution is 2.29. The van der Waals surface area contributed by atoms with Crippen LogP contribution in [-0.4, -0.2) is 17.7 Å². The van der Waals surface area contributed by atoms with Crippen molar-refractivity contribution in [3.05, 3.63) is 94.6 Å². The van der Waals surface area contributed by atoms with Gasteiger partial charge in [0.15, 0.2) is 5.17 Å². The van der Waals surface area contributed by atoms with E-state index in [1.54, 1.807) is 18.2 Å². The van der Waals surface area contributed by atoms with Crippen molar-refractivity contribution < 1.29 is 18.7 Å². The SMILES string of the molecule is CCOc1ccc(N=C2NC(=O)/C(=C\c3cccc(OCc4ccc(F)cc4)c3)S2)cc1. The number of hydrogen-bond acceptors (Lipinski definition) is 5. The Hall–Kier alpha value is -3.58. The number of thioether (sulfide) groups is 1. The van der Waals surface area contributed by atoms with Gasteiger partial charge in [-0.25, -0.2) is 9.38 Å². The molecule has 4 rings (SSSR count). The van der Waals surface area contributed by atoms with Gasteiger partial charge >= 0.3 is 0 Å². The lowest BCUT2D eigenvalue weighted by Crippen LogP contribution is -2.19. The number of carbonyl (C=O) groups excluding carboxylic acids is 1. The Bertz CT molecular complexity index is 1160. The first-order chi connectivity index (χ1) is 15.6. The first-order valence-corrected chi connectivity index (χ1v) is 10.9. The maximum atomic E-state index is 13.0. The van der Waals surface area contributed by atoms with Crippen LogP contribution in [0, 0.1) is 5.82 Å². The average molecular weight is 449 g/mol. The fraction of sp³-hybridized carbons (Fsp3) is 0.120. The first-order valence-electron chi connectivity index (χ1n) is 10.1. The highest BCUT2D eigenvalue weighted by atomic mass is 32.2. The van der Waals surface area contributed by atoms with Gasteiger partial charge in [0.25, 0.3) is 5.91 Å². The van der Waals surface area contributed by atoms with E-state index in [0.717, 1.165) is 22.6 Å². The summed E-state index contributed by atoms with van der Waals surface area (Å²) in [5.74, 6) is 0.967. The topological polar surface area (TPSA) is 59.9 Å². The third-order valence-corrected chi connectivity index (χ3v) is 5.41. The Morgan fingerprint density at radius 3 is 2.53 bits per heavy atom. The summed E-state index contributed by atoms with van der Waals surface area (Å²) in [6.07, 6.45) is 1.80. The second-order valence-corrected chi connectivity index (χ2v) is 7.93. The van der Waals surface area contributed by atoms with Crippen molar-refractivity contribution in [2.75, 3.05) is 6.61 Å². The minimum Gasteiger partial charge on any atom is -0.494 e. The van der Waals surface area contributed by atoms with Crippen LogP contribution in [0.3, 0.4) is 0 Å². The molecule has 1 heterocycles. The van der Waals surface area contributed by atoms with Crippen LogP contribution in [0.25, 0.3) is 6.08 Å². The van der Waals surface area contributed by atoms with Gasteiger partial charge < -0.3 is 14.8 Å². The number of benzene rings is 3. The lowest BCUT2D eigenvalue weighted by Gasteiger charge is -2.07. The third kappa shape index (κ3) is 5.76. The van der Waals surface area contributed by atoms with E-state index < -0.39 is 0 Å². The second-order valence-electron chi connectivity index (χ2n) is 6.90. The zero-order valence-electron chi connectivity index (χ0n) is 17.4. The number of aliphatic imine (C=N–C) groups is 1. The molecule has 0 aromatic heterocycles. The molecule has 0 aliphatic carbocycles. The van der Waals surface area contributed by atoms with Crippen molar-refractivity contribution in [2.45, 2.75) is 13.5 Å². The van der Waals surface area contributed by atoms with Crippen molar-refractivity contribution in [3.63, 3.8) is 0 Å². The number of halogens is 1. The predicted molar refractivity (Wildman–Crippen MR) is 126 cm³/mol. The maximum Gasteiger partial charge on any atom is 0.264 e. The van der Waals surface area contributed by atoms with E-state index in [4.69, 9.17) is 9.47 Å². The molecule has 162 valence electrons. The molecule has 0 saturated carbocycles. The Balaban J connectivity index is 1.42. The smallest absolute Gasteiger partial charge is 0.264 e. The number of nitrogens with zero attached hydrogens (tertiary/aromatic N) is 1. The van der Waals surface area contributed by atoms with E-state index in [1.807, 2.05) is 55.5 Å². The summed E-state index contributed by atoms with van der Waals surface area (Å²) in [5, 5.41) is 3.31. The van der Waals surface area contributed by atoms with E-state index in [0.29, 0.717) is 29.0 Å². The fourth-order valence-corrected chi connectivity index (χ4v) is 3.82. The molecular formula is C25H21FN2O3S. The summed E-state index contributed by atoms with van der Waals surface area (Å²) in [6.45, 7) is 2.86. The van der Waals surface area contributed by atoms with Crippen LogP contribution in [0.4, 0.5) is 10.1 Å². The molecule has 0 spiro atoms. The Morgan fingerprint density at radius 1 is 1.00 bits per heavy atom. The normalized spacial score (nSPS) is 15.8. The lowest BCUT2D eigenvalue weighted by atomic mass is 10.2. The van der Waals surface area contributed by atoms with E-state index in [1.165, 1.54) is 23.9 Å². The number of ether oxygens (including phenoxy) is 2. The van der Waals surface area contributed by atoms with Crippen LogP contribution >= 0.6 is 11.8 Å². The Kier molecular flexibility index (Phi) is 6.87. The van der Waals surface area contributed by atoms with Gasteiger partial charge in [-0.3, -0.25) is 4.79 Å². The molecule has 1 aliphatic heterocycles. The van der Waals surface area contributed by atoms with Crippen LogP contribution in [0.5, 0.6) is 11.5 Å². The predicted octanol–water partition coefficient (Wildman–Crippen LogP) is 5.70. The average Bonchev–Trinajstić information content (AvgIpc) is 3.13. The summed E-state index contributed by atoms with van der Waals surface area (Å²) in [7, 11) is 0. The van der Waals surface area contributed by atoms with Crippen molar-refractivity contribution in [1.29, 1.82) is 0 Å². The molecule has 1 aliphatic rings. The molecule has 1 fully saturated rings. The number of amides is 1. The number of amidine groups is 1. The van der Waals surface area contributed by atoms with Crippen molar-refractivity contribution in [2.24, 2.45) is 4.99 Å². The standard InChI is InChI=1S/C25H21FN2O3S/c1-2-30-21-12-10-20(11-13-21)27-25-28-24(29)23(32-25)15-18-4-3-5-22(14-18)31-16-17-6-8-19(26)9-7-17/h3-15H,2,16H2,1H3,(H,27,28,29)/b23-15+. The Morgan fingerprint density at radius 2 is 1.78 bits per heavy atom. The summed E-state index contributed by atoms with van der Waals surface area (Å²) >= 11 is 1.28. The fourth-order valence-electron chi connectivity index (χ4n) is 2.97. The van der Waals surface area contributed by atoms with Gasteiger partial charge in [0.05, 0.1) is 17.2 Å². The molecule has 1 N–H and O–H groups in total. The molecule has 3 aromatic carbocycles. The number of nitrogens with one attached hydrogen (secondary N) is 1. The van der Waals surface area contributed by atoms with Crippen LogP contribution in [0.2, 0.25) is 0 Å². The highest BCUT2D eigenvalue weighted by molar-refractivity contribution is 8.18. The number of carbonyl (C=O) groups is 1. The van der Waals surface area contributed by atoms with Gasteiger partial charge in [0, 0.05) is 0 Å². The van der Waals surface area contributed by atoms with Gasteiger partial charge in [-0.15, -0.1) is 0 Å². The minimum atomic E-state index is -0.278. The van der Waals surface area contributed by atoms with Gasteiger partial charge in [0.1, 0.15) is 23.9 Å². The molecule has 0 bridgehead atoms. The van der Waals surface area contributed by atoms with Crippen molar-refractivity contribution in [1.82, 2.24) is 5.32 Å². The van der Waals surface area contributed by atoms with Gasteiger partial charge in [-0.1, -0.05) is 24.3 Å². The molecule has 1 amide bonds. The van der Waals surface area contributed by atoms with Crippen LogP contribution < -0.4 is 14.8 Å². The number of rotatable bonds is 7. The van der Waals surface area contributed by atoms with Gasteiger partial charge in [-0.2, -0.15) is 0 Å². The molecule has 5 nitrogen and oxygen atoms in total. The van der Waals surface area contributed by atoms with Crippen LogP contribution in [-0.2, 0) is 11.4 Å². The molecule has 0 unspecified atom stereocenters. The maximum absolute atomic E-state index is 13.0. The molecular weight excluding hydrogens is 427 g/mol. The van der Waals surface area contributed by atoms with E-state index >= 15 is 0 Å². The largest absolute Gasteiger partial charge is 0.494 e. The minimum absolute atomic E-state index is 0.197. The monoisotopic (exact) mass is 448 g/mol. The quantitative estimate of drug-likeness (QED) is 0.472. The van der Waals surface area contributed by atoms with Crippen LogP contribution in [0.1, 0.15) is 18.1 Å². The molecule has 3 aromatic rings. The summed E-state index contributed by atoms with van der Waals surface area (Å²) in [6, 6.07) is 21.0.